The van der Waals surface area contributed by atoms with Crippen LogP contribution in [-0.4, -0.2) is 69.4 Å². The van der Waals surface area contributed by atoms with Crippen molar-refractivity contribution in [3.8, 4) is 0 Å². The first kappa shape index (κ1) is 29.9. The summed E-state index contributed by atoms with van der Waals surface area (Å²) in [4.78, 5) is 39.6. The van der Waals surface area contributed by atoms with Crippen molar-refractivity contribution >= 4 is 29.5 Å². The summed E-state index contributed by atoms with van der Waals surface area (Å²) in [7, 11) is 0. The highest BCUT2D eigenvalue weighted by molar-refractivity contribution is 7.99. The number of aliphatic hydroxyl groups is 1. The standard InChI is InChI=1S/C29H45N5O4S/c1-7-27(5)15-21(38-22(36)16-39-26-33-17-32-25(34-26)31-14-13-30-8-2)28(6)18(3)9-11-29(19(4)24(27)37)12-10-20(35)23(28)29/h7,17-19,21,23-24,30,37H,1,8-16H2,2-6H3,(H,31,32,33,34)/t18-,19+,21-,23+,24+,27-,28+,29+/m1/s1. The number of ketones is 1. The molecular formula is C29H45N5O4S. The second kappa shape index (κ2) is 11.8. The maximum absolute atomic E-state index is 13.5. The monoisotopic (exact) mass is 559 g/mol. The zero-order valence-corrected chi connectivity index (χ0v) is 24.9. The molecule has 2 bridgehead atoms. The number of aliphatic hydroxyl groups excluding tert-OH is 1. The van der Waals surface area contributed by atoms with Crippen LogP contribution in [0.5, 0.6) is 0 Å². The second-order valence-electron chi connectivity index (χ2n) is 12.2. The average Bonchev–Trinajstić information content (AvgIpc) is 3.28. The van der Waals surface area contributed by atoms with E-state index in [9.17, 15) is 14.7 Å². The Hall–Kier alpha value is -2.04. The SMILES string of the molecule is C=C[C@]1(C)C[C@@H](OC(=O)CSc2ncnc(NCCNCC)n2)[C@]2(C)[C@H](C)CC[C@]3(CCC(=O)[C@H]32)[C@@H](C)[C@@H]1O. The van der Waals surface area contributed by atoms with Gasteiger partial charge in [0.1, 0.15) is 18.2 Å². The lowest BCUT2D eigenvalue weighted by molar-refractivity contribution is -0.205. The highest BCUT2D eigenvalue weighted by atomic mass is 32.2. The summed E-state index contributed by atoms with van der Waals surface area (Å²) in [5.74, 6) is 0.270. The summed E-state index contributed by atoms with van der Waals surface area (Å²) < 4.78 is 6.30. The summed E-state index contributed by atoms with van der Waals surface area (Å²) >= 11 is 1.20. The molecular weight excluding hydrogens is 514 g/mol. The second-order valence-corrected chi connectivity index (χ2v) is 13.2. The first-order valence-corrected chi connectivity index (χ1v) is 15.3. The average molecular weight is 560 g/mol. The first-order valence-electron chi connectivity index (χ1n) is 14.3. The predicted molar refractivity (Wildman–Crippen MR) is 152 cm³/mol. The lowest BCUT2D eigenvalue weighted by Crippen LogP contribution is -2.63. The zero-order valence-electron chi connectivity index (χ0n) is 24.0. The molecule has 8 atom stereocenters. The van der Waals surface area contributed by atoms with Gasteiger partial charge < -0.3 is 20.5 Å². The van der Waals surface area contributed by atoms with E-state index in [1.54, 1.807) is 0 Å². The van der Waals surface area contributed by atoms with E-state index in [1.807, 2.05) is 19.9 Å². The number of hydrogen-bond donors (Lipinski definition) is 3. The Morgan fingerprint density at radius 3 is 2.77 bits per heavy atom. The van der Waals surface area contributed by atoms with Gasteiger partial charge in [0.25, 0.3) is 0 Å². The Bertz CT molecular complexity index is 1070. The number of rotatable bonds is 10. The Kier molecular flexibility index (Phi) is 9.08. The third-order valence-electron chi connectivity index (χ3n) is 10.3. The van der Waals surface area contributed by atoms with E-state index in [0.29, 0.717) is 30.5 Å². The van der Waals surface area contributed by atoms with Gasteiger partial charge in [0.2, 0.25) is 5.95 Å². The van der Waals surface area contributed by atoms with Crippen molar-refractivity contribution in [2.45, 2.75) is 84.1 Å². The Morgan fingerprint density at radius 2 is 2.05 bits per heavy atom. The molecule has 216 valence electrons. The number of hydrogen-bond acceptors (Lipinski definition) is 10. The van der Waals surface area contributed by atoms with Crippen molar-refractivity contribution in [1.29, 1.82) is 0 Å². The van der Waals surface area contributed by atoms with Crippen LogP contribution in [0.15, 0.2) is 24.1 Å². The quantitative estimate of drug-likeness (QED) is 0.168. The van der Waals surface area contributed by atoms with Crippen LogP contribution in [0.2, 0.25) is 0 Å². The molecule has 1 heterocycles. The number of Topliss-reactive ketones (excluding diaryl/α,β-unsaturated/α-hetero) is 1. The molecule has 3 aliphatic rings. The molecule has 3 N–H and O–H groups in total. The molecule has 0 aliphatic heterocycles. The minimum Gasteiger partial charge on any atom is -0.461 e. The molecule has 3 fully saturated rings. The smallest absolute Gasteiger partial charge is 0.316 e. The molecule has 10 heteroatoms. The number of aromatic nitrogens is 3. The van der Waals surface area contributed by atoms with Crippen LogP contribution in [-0.2, 0) is 14.3 Å². The summed E-state index contributed by atoms with van der Waals surface area (Å²) in [6.45, 7) is 16.9. The maximum Gasteiger partial charge on any atom is 0.316 e. The Balaban J connectivity index is 1.55. The number of carbonyl (C=O) groups is 2. The highest BCUT2D eigenvalue weighted by Crippen LogP contribution is 2.68. The number of carbonyl (C=O) groups excluding carboxylic acids is 2. The minimum absolute atomic E-state index is 0.0370. The molecule has 3 saturated carbocycles. The third-order valence-corrected chi connectivity index (χ3v) is 11.1. The third kappa shape index (κ3) is 5.48. The molecule has 1 aromatic heterocycles. The van der Waals surface area contributed by atoms with Gasteiger partial charge in [-0.3, -0.25) is 9.59 Å². The van der Waals surface area contributed by atoms with Gasteiger partial charge in [0.05, 0.1) is 11.9 Å². The van der Waals surface area contributed by atoms with Gasteiger partial charge >= 0.3 is 5.97 Å². The van der Waals surface area contributed by atoms with Gasteiger partial charge in [-0.25, -0.2) is 9.97 Å². The summed E-state index contributed by atoms with van der Waals surface area (Å²) in [6.07, 6.45) is 5.62. The van der Waals surface area contributed by atoms with Gasteiger partial charge in [-0.15, -0.1) is 6.58 Å². The molecule has 4 rings (SSSR count). The summed E-state index contributed by atoms with van der Waals surface area (Å²) in [5, 5.41) is 18.5. The number of nitrogens with one attached hydrogen (secondary N) is 2. The number of likely N-dealkylation sites (N-methyl/N-ethyl adjacent to an activating group) is 1. The number of esters is 1. The molecule has 9 nitrogen and oxygen atoms in total. The fraction of sp³-hybridized carbons (Fsp3) is 0.759. The van der Waals surface area contributed by atoms with Crippen molar-refractivity contribution in [2.75, 3.05) is 30.7 Å². The lowest BCUT2D eigenvalue weighted by atomic mass is 9.44. The minimum atomic E-state index is -0.680. The molecule has 1 aromatic rings. The van der Waals surface area contributed by atoms with Gasteiger partial charge in [-0.05, 0) is 49.5 Å². The largest absolute Gasteiger partial charge is 0.461 e. The van der Waals surface area contributed by atoms with Crippen LogP contribution in [0, 0.1) is 34.0 Å². The highest BCUT2D eigenvalue weighted by Gasteiger charge is 2.68. The molecule has 0 aromatic carbocycles. The van der Waals surface area contributed by atoms with E-state index in [2.05, 4.69) is 52.9 Å². The van der Waals surface area contributed by atoms with Crippen LogP contribution in [0.1, 0.15) is 66.7 Å². The summed E-state index contributed by atoms with van der Waals surface area (Å²) in [5.41, 5.74) is -1.47. The van der Waals surface area contributed by atoms with E-state index in [-0.39, 0.29) is 40.7 Å². The van der Waals surface area contributed by atoms with Crippen LogP contribution >= 0.6 is 11.8 Å². The fourth-order valence-corrected chi connectivity index (χ4v) is 8.28. The molecule has 0 spiro atoms. The number of nitrogens with zero attached hydrogens (tertiary/aromatic N) is 3. The summed E-state index contributed by atoms with van der Waals surface area (Å²) in [6, 6.07) is 0. The van der Waals surface area contributed by atoms with Gasteiger partial charge in [0.15, 0.2) is 5.16 Å². The molecule has 0 unspecified atom stereocenters. The van der Waals surface area contributed by atoms with E-state index >= 15 is 0 Å². The van der Waals surface area contributed by atoms with Crippen molar-refractivity contribution in [3.63, 3.8) is 0 Å². The van der Waals surface area contributed by atoms with Crippen molar-refractivity contribution in [3.05, 3.63) is 19.0 Å². The number of anilines is 1. The van der Waals surface area contributed by atoms with E-state index in [0.717, 1.165) is 32.4 Å². The van der Waals surface area contributed by atoms with Crippen molar-refractivity contribution in [2.24, 2.45) is 34.0 Å². The normalized spacial score (nSPS) is 37.9. The van der Waals surface area contributed by atoms with Crippen molar-refractivity contribution in [1.82, 2.24) is 20.3 Å². The molecule has 3 aliphatic carbocycles. The van der Waals surface area contributed by atoms with Gasteiger partial charge in [-0.2, -0.15) is 4.98 Å². The van der Waals surface area contributed by atoms with Crippen LogP contribution in [0.25, 0.3) is 0 Å². The topological polar surface area (TPSA) is 126 Å². The van der Waals surface area contributed by atoms with E-state index in [4.69, 9.17) is 4.74 Å². The number of ether oxygens (including phenoxy) is 1. The van der Waals surface area contributed by atoms with Crippen molar-refractivity contribution < 1.29 is 19.4 Å². The van der Waals surface area contributed by atoms with Crippen LogP contribution in [0.4, 0.5) is 5.95 Å². The zero-order chi connectivity index (χ0) is 28.4. The maximum atomic E-state index is 13.5. The molecule has 0 amide bonds. The lowest BCUT2D eigenvalue weighted by Gasteiger charge is -2.61. The Morgan fingerprint density at radius 1 is 1.28 bits per heavy atom. The molecule has 0 radical (unpaired) electrons. The fourth-order valence-electron chi connectivity index (χ4n) is 7.69. The van der Waals surface area contributed by atoms with Gasteiger partial charge in [-0.1, -0.05) is 52.5 Å². The van der Waals surface area contributed by atoms with E-state index in [1.165, 1.54) is 18.1 Å². The van der Waals surface area contributed by atoms with Crippen LogP contribution in [0.3, 0.4) is 0 Å². The Labute approximate surface area is 236 Å². The van der Waals surface area contributed by atoms with Gasteiger partial charge in [0, 0.05) is 36.3 Å². The number of thioether (sulfide) groups is 1. The van der Waals surface area contributed by atoms with E-state index < -0.39 is 23.0 Å². The first-order chi connectivity index (χ1) is 18.5. The molecule has 0 saturated heterocycles. The molecule has 39 heavy (non-hydrogen) atoms. The predicted octanol–water partition coefficient (Wildman–Crippen LogP) is 3.89. The van der Waals surface area contributed by atoms with Crippen LogP contribution < -0.4 is 10.6 Å².